The van der Waals surface area contributed by atoms with Crippen LogP contribution in [0.2, 0.25) is 0 Å². The van der Waals surface area contributed by atoms with Crippen LogP contribution in [-0.2, 0) is 6.42 Å². The van der Waals surface area contributed by atoms with Gasteiger partial charge in [0.15, 0.2) is 0 Å². The normalized spacial score (nSPS) is 13.0. The molecule has 0 aliphatic heterocycles. The zero-order valence-corrected chi connectivity index (χ0v) is 11.0. The van der Waals surface area contributed by atoms with Crippen molar-refractivity contribution in [1.29, 1.82) is 0 Å². The van der Waals surface area contributed by atoms with Gasteiger partial charge in [-0.1, -0.05) is 24.3 Å². The minimum atomic E-state index is -4.71. The summed E-state index contributed by atoms with van der Waals surface area (Å²) in [5.74, 6) is -0.287. The third-order valence-electron chi connectivity index (χ3n) is 2.88. The molecule has 0 bridgehead atoms. The van der Waals surface area contributed by atoms with Crippen LogP contribution in [-0.4, -0.2) is 11.5 Å². The molecule has 1 unspecified atom stereocenters. The predicted molar refractivity (Wildman–Crippen MR) is 72.6 cm³/mol. The van der Waals surface area contributed by atoms with E-state index in [0.29, 0.717) is 16.8 Å². The molecule has 1 atom stereocenters. The van der Waals surface area contributed by atoms with Gasteiger partial charge in [0, 0.05) is 12.1 Å². The molecule has 2 aromatic carbocycles. The van der Waals surface area contributed by atoms with Crippen molar-refractivity contribution >= 4 is 5.69 Å². The smallest absolute Gasteiger partial charge is 0.406 e. The van der Waals surface area contributed by atoms with Gasteiger partial charge in [0.1, 0.15) is 5.75 Å². The van der Waals surface area contributed by atoms with Crippen LogP contribution < -0.4 is 10.5 Å². The number of nitrogen functional groups attached to an aromatic ring is 1. The number of hydrogen-bond acceptors (Lipinski definition) is 3. The highest BCUT2D eigenvalue weighted by molar-refractivity contribution is 5.41. The fourth-order valence-corrected chi connectivity index (χ4v) is 1.93. The minimum Gasteiger partial charge on any atom is -0.406 e. The lowest BCUT2D eigenvalue weighted by Crippen LogP contribution is -2.17. The minimum absolute atomic E-state index is 0.274. The average molecular weight is 297 g/mol. The number of aliphatic hydroxyl groups is 1. The van der Waals surface area contributed by atoms with Gasteiger partial charge in [0.05, 0.1) is 6.10 Å². The second-order valence-electron chi connectivity index (χ2n) is 4.58. The van der Waals surface area contributed by atoms with Gasteiger partial charge in [-0.2, -0.15) is 0 Å². The first-order valence-corrected chi connectivity index (χ1v) is 6.22. The molecule has 2 aromatic rings. The third kappa shape index (κ3) is 4.68. The summed E-state index contributed by atoms with van der Waals surface area (Å²) in [7, 11) is 0. The molecule has 0 aromatic heterocycles. The molecule has 3 nitrogen and oxygen atoms in total. The Labute approximate surface area is 119 Å². The number of nitrogens with two attached hydrogens (primary N) is 1. The summed E-state index contributed by atoms with van der Waals surface area (Å²) in [5.41, 5.74) is 7.53. The molecule has 112 valence electrons. The lowest BCUT2D eigenvalue weighted by Gasteiger charge is -2.13. The number of benzene rings is 2. The first-order valence-electron chi connectivity index (χ1n) is 6.22. The van der Waals surface area contributed by atoms with Crippen molar-refractivity contribution in [2.45, 2.75) is 18.9 Å². The first-order chi connectivity index (χ1) is 9.83. The van der Waals surface area contributed by atoms with Crippen LogP contribution in [0.25, 0.3) is 0 Å². The monoisotopic (exact) mass is 297 g/mol. The summed E-state index contributed by atoms with van der Waals surface area (Å²) < 4.78 is 39.9. The molecule has 0 spiro atoms. The summed E-state index contributed by atoms with van der Waals surface area (Å²) in [5, 5.41) is 10.1. The molecule has 0 heterocycles. The maximum atomic E-state index is 12.0. The lowest BCUT2D eigenvalue weighted by atomic mass is 10.0. The van der Waals surface area contributed by atoms with Crippen molar-refractivity contribution in [2.75, 3.05) is 5.73 Å². The van der Waals surface area contributed by atoms with E-state index in [4.69, 9.17) is 5.73 Å². The van der Waals surface area contributed by atoms with Crippen LogP contribution in [0.1, 0.15) is 17.2 Å². The topological polar surface area (TPSA) is 55.5 Å². The van der Waals surface area contributed by atoms with Crippen molar-refractivity contribution in [1.82, 2.24) is 0 Å². The Kier molecular flexibility index (Phi) is 4.37. The van der Waals surface area contributed by atoms with E-state index in [9.17, 15) is 18.3 Å². The summed E-state index contributed by atoms with van der Waals surface area (Å²) in [6.07, 6.45) is -5.21. The molecule has 0 radical (unpaired) electrons. The summed E-state index contributed by atoms with van der Waals surface area (Å²) in [6.45, 7) is 0. The van der Waals surface area contributed by atoms with E-state index in [0.717, 1.165) is 0 Å². The number of hydrogen-bond donors (Lipinski definition) is 2. The summed E-state index contributed by atoms with van der Waals surface area (Å²) in [6, 6.07) is 12.2. The van der Waals surface area contributed by atoms with E-state index in [2.05, 4.69) is 4.74 Å². The van der Waals surface area contributed by atoms with E-state index in [1.807, 2.05) is 0 Å². The Morgan fingerprint density at radius 1 is 1.10 bits per heavy atom. The van der Waals surface area contributed by atoms with Crippen LogP contribution in [0.3, 0.4) is 0 Å². The Morgan fingerprint density at radius 3 is 2.33 bits per heavy atom. The van der Waals surface area contributed by atoms with Crippen LogP contribution in [0.4, 0.5) is 18.9 Å². The molecule has 0 aliphatic carbocycles. The van der Waals surface area contributed by atoms with Gasteiger partial charge >= 0.3 is 6.36 Å². The fraction of sp³-hybridized carbons (Fsp3) is 0.200. The lowest BCUT2D eigenvalue weighted by molar-refractivity contribution is -0.274. The third-order valence-corrected chi connectivity index (χ3v) is 2.88. The maximum absolute atomic E-state index is 12.0. The summed E-state index contributed by atoms with van der Waals surface area (Å²) in [4.78, 5) is 0. The van der Waals surface area contributed by atoms with Gasteiger partial charge in [0.2, 0.25) is 0 Å². The molecule has 6 heteroatoms. The van der Waals surface area contributed by atoms with Crippen molar-refractivity contribution < 1.29 is 23.0 Å². The fourth-order valence-electron chi connectivity index (χ4n) is 1.93. The zero-order chi connectivity index (χ0) is 15.5. The SMILES string of the molecule is Nc1cccc(C(O)Cc2ccc(OC(F)(F)F)cc2)c1. The van der Waals surface area contributed by atoms with Crippen LogP contribution in [0.5, 0.6) is 5.75 Å². The van der Waals surface area contributed by atoms with E-state index < -0.39 is 12.5 Å². The number of rotatable bonds is 4. The standard InChI is InChI=1S/C15H14F3NO2/c16-15(17,18)21-13-6-4-10(5-7-13)8-14(20)11-2-1-3-12(19)9-11/h1-7,9,14,20H,8,19H2. The number of aliphatic hydroxyl groups excluding tert-OH is 1. The Bertz CT molecular complexity index is 597. The van der Waals surface area contributed by atoms with Crippen LogP contribution in [0.15, 0.2) is 48.5 Å². The van der Waals surface area contributed by atoms with E-state index >= 15 is 0 Å². The zero-order valence-electron chi connectivity index (χ0n) is 11.0. The second kappa shape index (κ2) is 6.05. The van der Waals surface area contributed by atoms with Gasteiger partial charge in [0.25, 0.3) is 0 Å². The Balaban J connectivity index is 2.03. The highest BCUT2D eigenvalue weighted by atomic mass is 19.4. The largest absolute Gasteiger partial charge is 0.573 e. The molecule has 0 saturated carbocycles. The van der Waals surface area contributed by atoms with E-state index in [1.165, 1.54) is 24.3 Å². The van der Waals surface area contributed by atoms with E-state index in [1.54, 1.807) is 24.3 Å². The number of ether oxygens (including phenoxy) is 1. The molecule has 0 saturated heterocycles. The molecule has 0 aliphatic rings. The van der Waals surface area contributed by atoms with Crippen molar-refractivity contribution in [3.05, 3.63) is 59.7 Å². The quantitative estimate of drug-likeness (QED) is 0.850. The molecule has 21 heavy (non-hydrogen) atoms. The van der Waals surface area contributed by atoms with Crippen molar-refractivity contribution in [3.8, 4) is 5.75 Å². The van der Waals surface area contributed by atoms with E-state index in [-0.39, 0.29) is 12.2 Å². The van der Waals surface area contributed by atoms with Gasteiger partial charge in [-0.25, -0.2) is 0 Å². The number of halogens is 3. The Morgan fingerprint density at radius 2 is 1.76 bits per heavy atom. The first kappa shape index (κ1) is 15.2. The molecule has 0 fully saturated rings. The molecule has 3 N–H and O–H groups in total. The number of alkyl halides is 3. The molecular weight excluding hydrogens is 283 g/mol. The predicted octanol–water partition coefficient (Wildman–Crippen LogP) is 3.44. The molecule has 2 rings (SSSR count). The molecule has 0 amide bonds. The summed E-state index contributed by atoms with van der Waals surface area (Å²) >= 11 is 0. The highest BCUT2D eigenvalue weighted by Gasteiger charge is 2.30. The Hall–Kier alpha value is -2.21. The highest BCUT2D eigenvalue weighted by Crippen LogP contribution is 2.25. The molecular formula is C15H14F3NO2. The second-order valence-corrected chi connectivity index (χ2v) is 4.58. The van der Waals surface area contributed by atoms with Crippen LogP contribution >= 0.6 is 0 Å². The maximum Gasteiger partial charge on any atom is 0.573 e. The van der Waals surface area contributed by atoms with Crippen molar-refractivity contribution in [3.63, 3.8) is 0 Å². The van der Waals surface area contributed by atoms with Gasteiger partial charge in [-0.3, -0.25) is 0 Å². The van der Waals surface area contributed by atoms with Gasteiger partial charge in [-0.05, 0) is 35.4 Å². The van der Waals surface area contributed by atoms with Crippen molar-refractivity contribution in [2.24, 2.45) is 0 Å². The average Bonchev–Trinajstić information content (AvgIpc) is 2.39. The number of anilines is 1. The van der Waals surface area contributed by atoms with Gasteiger partial charge < -0.3 is 15.6 Å². The van der Waals surface area contributed by atoms with Crippen LogP contribution in [0, 0.1) is 0 Å². The van der Waals surface area contributed by atoms with Gasteiger partial charge in [-0.15, -0.1) is 13.2 Å².